The first-order chi connectivity index (χ1) is 7.58. The molecule has 0 unspecified atom stereocenters. The van der Waals surface area contributed by atoms with Crippen LogP contribution in [-0.4, -0.2) is 11.9 Å². The number of carbonyl (C=O) groups excluding carboxylic acids is 2. The first-order valence-corrected chi connectivity index (χ1v) is 4.46. The van der Waals surface area contributed by atoms with E-state index in [0.29, 0.717) is 11.1 Å². The van der Waals surface area contributed by atoms with Gasteiger partial charge in [-0.2, -0.15) is 0 Å². The van der Waals surface area contributed by atoms with Crippen molar-refractivity contribution in [3.05, 3.63) is 47.5 Å². The van der Waals surface area contributed by atoms with Crippen LogP contribution in [0.5, 0.6) is 0 Å². The number of aliphatic carboxylic acids is 2. The van der Waals surface area contributed by atoms with E-state index in [4.69, 9.17) is 0 Å². The molecule has 0 N–H and O–H groups in total. The van der Waals surface area contributed by atoms with E-state index in [2.05, 4.69) is 0 Å². The summed E-state index contributed by atoms with van der Waals surface area (Å²) in [6.45, 7) is 0. The van der Waals surface area contributed by atoms with Gasteiger partial charge >= 0.3 is 0 Å². The first kappa shape index (κ1) is 11.7. The minimum absolute atomic E-state index is 0.643. The van der Waals surface area contributed by atoms with Crippen LogP contribution in [0.1, 0.15) is 11.1 Å². The maximum absolute atomic E-state index is 10.2. The number of hydrogen-bond donors (Lipinski definition) is 0. The lowest BCUT2D eigenvalue weighted by Crippen LogP contribution is -2.18. The van der Waals surface area contributed by atoms with Crippen LogP contribution in [-0.2, 0) is 9.59 Å². The summed E-state index contributed by atoms with van der Waals surface area (Å²) in [5.74, 6) is -2.56. The minimum Gasteiger partial charge on any atom is -0.545 e. The van der Waals surface area contributed by atoms with E-state index in [1.165, 1.54) is 12.2 Å². The molecule has 0 saturated heterocycles. The molecule has 0 aliphatic rings. The number of benzene rings is 1. The molecule has 16 heavy (non-hydrogen) atoms. The van der Waals surface area contributed by atoms with Gasteiger partial charge in [-0.25, -0.2) is 0 Å². The summed E-state index contributed by atoms with van der Waals surface area (Å²) in [5.41, 5.74) is 1.29. The molecule has 82 valence electrons. The Labute approximate surface area is 92.2 Å². The Morgan fingerprint density at radius 2 is 1.38 bits per heavy atom. The van der Waals surface area contributed by atoms with E-state index < -0.39 is 11.9 Å². The molecule has 0 bridgehead atoms. The third-order valence-electron chi connectivity index (χ3n) is 1.73. The molecule has 1 aromatic rings. The fourth-order valence-corrected chi connectivity index (χ4v) is 1.09. The summed E-state index contributed by atoms with van der Waals surface area (Å²) < 4.78 is 0. The largest absolute Gasteiger partial charge is 0.545 e. The quantitative estimate of drug-likeness (QED) is 0.618. The van der Waals surface area contributed by atoms with Crippen LogP contribution in [0, 0.1) is 0 Å². The summed E-state index contributed by atoms with van der Waals surface area (Å²) in [7, 11) is 0. The van der Waals surface area contributed by atoms with Crippen molar-refractivity contribution in [2.45, 2.75) is 0 Å². The molecule has 0 aliphatic carbocycles. The lowest BCUT2D eigenvalue weighted by atomic mass is 10.1. The zero-order valence-electron chi connectivity index (χ0n) is 8.25. The normalized spacial score (nSPS) is 11.0. The van der Waals surface area contributed by atoms with Gasteiger partial charge in [0.2, 0.25) is 0 Å². The Hall–Kier alpha value is -2.36. The topological polar surface area (TPSA) is 80.3 Å². The van der Waals surface area contributed by atoms with Crippen LogP contribution in [0.4, 0.5) is 0 Å². The predicted octanol–water partition coefficient (Wildman–Crippen LogP) is -0.787. The molecule has 0 saturated carbocycles. The SMILES string of the molecule is O=C([O-])/C=C\c1cccc(/C=C/C(=O)[O-])c1. The molecule has 0 atom stereocenters. The van der Waals surface area contributed by atoms with E-state index in [0.717, 1.165) is 12.2 Å². The van der Waals surface area contributed by atoms with Gasteiger partial charge in [0.25, 0.3) is 0 Å². The molecule has 0 heterocycles. The zero-order valence-corrected chi connectivity index (χ0v) is 8.25. The molecule has 1 aromatic carbocycles. The monoisotopic (exact) mass is 216 g/mol. The van der Waals surface area contributed by atoms with Crippen molar-refractivity contribution in [3.8, 4) is 0 Å². The maximum Gasteiger partial charge on any atom is 0.0643 e. The number of carbonyl (C=O) groups is 2. The number of carboxylic acid groups (broad SMARTS) is 2. The molecule has 4 nitrogen and oxygen atoms in total. The summed E-state index contributed by atoms with van der Waals surface area (Å²) in [6, 6.07) is 6.70. The van der Waals surface area contributed by atoms with Gasteiger partial charge in [-0.1, -0.05) is 30.4 Å². The third-order valence-corrected chi connectivity index (χ3v) is 1.73. The van der Waals surface area contributed by atoms with E-state index >= 15 is 0 Å². The van der Waals surface area contributed by atoms with Gasteiger partial charge < -0.3 is 19.8 Å². The second-order valence-electron chi connectivity index (χ2n) is 2.97. The lowest BCUT2D eigenvalue weighted by Gasteiger charge is -1.98. The van der Waals surface area contributed by atoms with Gasteiger partial charge in [0, 0.05) is 0 Å². The number of hydrogen-bond acceptors (Lipinski definition) is 4. The average molecular weight is 216 g/mol. The molecule has 0 fully saturated rings. The van der Waals surface area contributed by atoms with Crippen molar-refractivity contribution < 1.29 is 19.8 Å². The van der Waals surface area contributed by atoms with Crippen LogP contribution >= 0.6 is 0 Å². The average Bonchev–Trinajstić information content (AvgIpc) is 2.24. The highest BCUT2D eigenvalue weighted by Gasteiger charge is 1.89. The van der Waals surface area contributed by atoms with Gasteiger partial charge in [0.1, 0.15) is 0 Å². The second kappa shape index (κ2) is 5.50. The summed E-state index contributed by atoms with van der Waals surface area (Å²) >= 11 is 0. The van der Waals surface area contributed by atoms with Gasteiger partial charge in [-0.15, -0.1) is 0 Å². The van der Waals surface area contributed by atoms with Crippen LogP contribution in [0.25, 0.3) is 12.2 Å². The number of carboxylic acids is 2. The molecule has 0 amide bonds. The first-order valence-electron chi connectivity index (χ1n) is 4.46. The standard InChI is InChI=1S/C12H10O4/c13-11(14)6-4-9-2-1-3-10(8-9)5-7-12(15)16/h1-8H,(H,13,14)(H,15,16)/p-2/b6-4-,7-5+. The van der Waals surface area contributed by atoms with Crippen molar-refractivity contribution >= 4 is 24.1 Å². The molecular formula is C12H8O4-2. The van der Waals surface area contributed by atoms with Gasteiger partial charge in [-0.3, -0.25) is 0 Å². The Kier molecular flexibility index (Phi) is 4.03. The van der Waals surface area contributed by atoms with Crippen LogP contribution in [0.3, 0.4) is 0 Å². The maximum atomic E-state index is 10.2. The molecule has 1 rings (SSSR count). The highest BCUT2D eigenvalue weighted by atomic mass is 16.4. The van der Waals surface area contributed by atoms with Gasteiger partial charge in [0.15, 0.2) is 0 Å². The van der Waals surface area contributed by atoms with Crippen LogP contribution in [0.2, 0.25) is 0 Å². The molecule has 0 aromatic heterocycles. The Morgan fingerprint density at radius 3 is 1.75 bits per heavy atom. The Balaban J connectivity index is 2.87. The van der Waals surface area contributed by atoms with Crippen molar-refractivity contribution in [1.82, 2.24) is 0 Å². The highest BCUT2D eigenvalue weighted by molar-refractivity contribution is 5.85. The van der Waals surface area contributed by atoms with Crippen LogP contribution < -0.4 is 10.2 Å². The summed E-state index contributed by atoms with van der Waals surface area (Å²) in [6.07, 6.45) is 4.54. The van der Waals surface area contributed by atoms with Crippen molar-refractivity contribution in [2.75, 3.05) is 0 Å². The molecule has 4 heteroatoms. The van der Waals surface area contributed by atoms with E-state index in [1.807, 2.05) is 0 Å². The molecule has 0 spiro atoms. The van der Waals surface area contributed by atoms with E-state index in [9.17, 15) is 19.8 Å². The zero-order chi connectivity index (χ0) is 12.0. The Bertz CT molecular complexity index is 419. The van der Waals surface area contributed by atoms with Crippen molar-refractivity contribution in [2.24, 2.45) is 0 Å². The van der Waals surface area contributed by atoms with E-state index in [-0.39, 0.29) is 0 Å². The minimum atomic E-state index is -1.28. The van der Waals surface area contributed by atoms with Gasteiger partial charge in [0.05, 0.1) is 11.9 Å². The van der Waals surface area contributed by atoms with Crippen LogP contribution in [0.15, 0.2) is 36.4 Å². The highest BCUT2D eigenvalue weighted by Crippen LogP contribution is 2.08. The fraction of sp³-hybridized carbons (Fsp3) is 0. The summed E-state index contributed by atoms with van der Waals surface area (Å²) in [4.78, 5) is 20.3. The molecule has 0 radical (unpaired) electrons. The predicted molar refractivity (Wildman–Crippen MR) is 54.5 cm³/mol. The van der Waals surface area contributed by atoms with E-state index in [1.54, 1.807) is 24.3 Å². The number of rotatable bonds is 4. The smallest absolute Gasteiger partial charge is 0.0643 e. The summed E-state index contributed by atoms with van der Waals surface area (Å²) in [5, 5.41) is 20.3. The lowest BCUT2D eigenvalue weighted by molar-refractivity contribution is -0.298. The molecule has 0 aliphatic heterocycles. The molecular weight excluding hydrogens is 208 g/mol. The van der Waals surface area contributed by atoms with Crippen molar-refractivity contribution in [3.63, 3.8) is 0 Å². The third kappa shape index (κ3) is 4.23. The Morgan fingerprint density at radius 1 is 0.938 bits per heavy atom. The second-order valence-corrected chi connectivity index (χ2v) is 2.97. The van der Waals surface area contributed by atoms with Crippen molar-refractivity contribution in [1.29, 1.82) is 0 Å². The van der Waals surface area contributed by atoms with Gasteiger partial charge in [-0.05, 0) is 29.3 Å². The fourth-order valence-electron chi connectivity index (χ4n) is 1.09.